The first-order chi connectivity index (χ1) is 6.59. The van der Waals surface area contributed by atoms with Crippen molar-refractivity contribution in [2.45, 2.75) is 11.4 Å². The van der Waals surface area contributed by atoms with Crippen LogP contribution in [-0.2, 0) is 16.4 Å². The SMILES string of the molecule is O=S1(=O)CCNCc2cc(O)ccc21. The summed E-state index contributed by atoms with van der Waals surface area (Å²) in [6.07, 6.45) is 0. The van der Waals surface area contributed by atoms with Gasteiger partial charge in [0.2, 0.25) is 0 Å². The zero-order valence-corrected chi connectivity index (χ0v) is 8.34. The van der Waals surface area contributed by atoms with Crippen LogP contribution in [0.2, 0.25) is 0 Å². The summed E-state index contributed by atoms with van der Waals surface area (Å²) in [5.74, 6) is 0.216. The van der Waals surface area contributed by atoms with Gasteiger partial charge in [-0.2, -0.15) is 0 Å². The molecule has 0 aliphatic carbocycles. The summed E-state index contributed by atoms with van der Waals surface area (Å²) in [5, 5.41) is 12.2. The molecule has 0 amide bonds. The zero-order chi connectivity index (χ0) is 10.2. The van der Waals surface area contributed by atoms with Crippen molar-refractivity contribution in [1.82, 2.24) is 5.32 Å². The van der Waals surface area contributed by atoms with Crippen LogP contribution in [0.25, 0.3) is 0 Å². The lowest BCUT2D eigenvalue weighted by Crippen LogP contribution is -2.17. The zero-order valence-electron chi connectivity index (χ0n) is 7.53. The van der Waals surface area contributed by atoms with Gasteiger partial charge in [0.25, 0.3) is 0 Å². The van der Waals surface area contributed by atoms with Crippen LogP contribution in [0.4, 0.5) is 0 Å². The predicted molar refractivity (Wildman–Crippen MR) is 51.9 cm³/mol. The number of fused-ring (bicyclic) bond motifs is 1. The van der Waals surface area contributed by atoms with E-state index in [1.165, 1.54) is 18.2 Å². The molecule has 1 heterocycles. The number of hydrogen-bond acceptors (Lipinski definition) is 4. The average Bonchev–Trinajstić information content (AvgIpc) is 2.25. The molecule has 5 heteroatoms. The molecule has 0 fully saturated rings. The van der Waals surface area contributed by atoms with Gasteiger partial charge in [-0.25, -0.2) is 8.42 Å². The fourth-order valence-corrected chi connectivity index (χ4v) is 2.99. The minimum Gasteiger partial charge on any atom is -0.508 e. The summed E-state index contributed by atoms with van der Waals surface area (Å²) in [5.41, 5.74) is 0.641. The van der Waals surface area contributed by atoms with Gasteiger partial charge in [0.05, 0.1) is 10.6 Å². The van der Waals surface area contributed by atoms with Gasteiger partial charge in [0.1, 0.15) is 5.75 Å². The number of benzene rings is 1. The average molecular weight is 213 g/mol. The number of phenols is 1. The monoisotopic (exact) mass is 213 g/mol. The Kier molecular flexibility index (Phi) is 2.20. The van der Waals surface area contributed by atoms with E-state index in [4.69, 9.17) is 0 Å². The highest BCUT2D eigenvalue weighted by molar-refractivity contribution is 7.91. The van der Waals surface area contributed by atoms with E-state index >= 15 is 0 Å². The molecule has 0 aromatic heterocycles. The maximum atomic E-state index is 11.7. The number of sulfone groups is 1. The van der Waals surface area contributed by atoms with Crippen molar-refractivity contribution >= 4 is 9.84 Å². The molecular weight excluding hydrogens is 202 g/mol. The van der Waals surface area contributed by atoms with E-state index in [1.807, 2.05) is 0 Å². The summed E-state index contributed by atoms with van der Waals surface area (Å²) in [7, 11) is -3.17. The molecule has 0 radical (unpaired) electrons. The van der Waals surface area contributed by atoms with Crippen LogP contribution >= 0.6 is 0 Å². The second-order valence-corrected chi connectivity index (χ2v) is 5.37. The largest absolute Gasteiger partial charge is 0.508 e. The molecule has 0 saturated carbocycles. The lowest BCUT2D eigenvalue weighted by Gasteiger charge is -2.05. The van der Waals surface area contributed by atoms with E-state index in [1.54, 1.807) is 0 Å². The predicted octanol–water partition coefficient (Wildman–Crippen LogP) is 0.269. The smallest absolute Gasteiger partial charge is 0.179 e. The Morgan fingerprint density at radius 1 is 1.36 bits per heavy atom. The molecule has 0 unspecified atom stereocenters. The van der Waals surface area contributed by atoms with Gasteiger partial charge in [0, 0.05) is 13.1 Å². The van der Waals surface area contributed by atoms with Gasteiger partial charge >= 0.3 is 0 Å². The number of phenolic OH excluding ortho intramolecular Hbond substituents is 1. The van der Waals surface area contributed by atoms with Crippen LogP contribution in [0.5, 0.6) is 5.75 Å². The summed E-state index contributed by atoms with van der Waals surface area (Å²) < 4.78 is 23.4. The maximum absolute atomic E-state index is 11.7. The molecule has 76 valence electrons. The van der Waals surface area contributed by atoms with Gasteiger partial charge in [0.15, 0.2) is 9.84 Å². The number of nitrogens with one attached hydrogen (secondary N) is 1. The third-order valence-corrected chi connectivity index (χ3v) is 4.05. The van der Waals surface area contributed by atoms with E-state index in [2.05, 4.69) is 5.32 Å². The second kappa shape index (κ2) is 3.25. The van der Waals surface area contributed by atoms with Gasteiger partial charge < -0.3 is 10.4 Å². The van der Waals surface area contributed by atoms with Crippen LogP contribution in [-0.4, -0.2) is 25.8 Å². The van der Waals surface area contributed by atoms with E-state index in [0.29, 0.717) is 23.5 Å². The van der Waals surface area contributed by atoms with Crippen molar-refractivity contribution in [3.8, 4) is 5.75 Å². The number of hydrogen-bond donors (Lipinski definition) is 2. The van der Waals surface area contributed by atoms with Crippen LogP contribution in [0.3, 0.4) is 0 Å². The molecular formula is C9H11NO3S. The Morgan fingerprint density at radius 3 is 2.93 bits per heavy atom. The van der Waals surface area contributed by atoms with Gasteiger partial charge in [-0.1, -0.05) is 0 Å². The Labute approximate surface area is 82.5 Å². The fraction of sp³-hybridized carbons (Fsp3) is 0.333. The molecule has 1 aromatic rings. The summed E-state index contributed by atoms with van der Waals surface area (Å²) in [6.45, 7) is 0.945. The molecule has 0 saturated heterocycles. The highest BCUT2D eigenvalue weighted by Crippen LogP contribution is 2.23. The van der Waals surface area contributed by atoms with E-state index < -0.39 is 9.84 Å². The van der Waals surface area contributed by atoms with Crippen LogP contribution < -0.4 is 5.32 Å². The van der Waals surface area contributed by atoms with E-state index in [9.17, 15) is 13.5 Å². The Hall–Kier alpha value is -1.07. The fourth-order valence-electron chi connectivity index (χ4n) is 1.55. The third kappa shape index (κ3) is 1.60. The molecule has 0 spiro atoms. The molecule has 2 rings (SSSR count). The number of rotatable bonds is 0. The van der Waals surface area contributed by atoms with Crippen molar-refractivity contribution in [2.75, 3.05) is 12.3 Å². The van der Waals surface area contributed by atoms with Crippen LogP contribution in [0.15, 0.2) is 23.1 Å². The molecule has 14 heavy (non-hydrogen) atoms. The molecule has 2 N–H and O–H groups in total. The van der Waals surface area contributed by atoms with Crippen molar-refractivity contribution in [3.05, 3.63) is 23.8 Å². The molecule has 0 bridgehead atoms. The molecule has 1 aliphatic rings. The summed E-state index contributed by atoms with van der Waals surface area (Å²) in [6, 6.07) is 4.36. The molecule has 0 atom stereocenters. The summed E-state index contributed by atoms with van der Waals surface area (Å²) in [4.78, 5) is 0.334. The normalized spacial score (nSPS) is 19.7. The van der Waals surface area contributed by atoms with Crippen LogP contribution in [0.1, 0.15) is 5.56 Å². The number of aromatic hydroxyl groups is 1. The minimum atomic E-state index is -3.17. The third-order valence-electron chi connectivity index (χ3n) is 2.24. The van der Waals surface area contributed by atoms with Gasteiger partial charge in [-0.15, -0.1) is 0 Å². The first kappa shape index (κ1) is 9.48. The Balaban J connectivity index is 2.62. The van der Waals surface area contributed by atoms with Crippen molar-refractivity contribution < 1.29 is 13.5 Å². The maximum Gasteiger partial charge on any atom is 0.179 e. The standard InChI is InChI=1S/C9H11NO3S/c11-8-1-2-9-7(5-8)6-10-3-4-14(9,12)13/h1-2,5,10-11H,3-4,6H2. The molecule has 1 aromatic carbocycles. The Bertz CT molecular complexity index is 453. The van der Waals surface area contributed by atoms with Crippen molar-refractivity contribution in [2.24, 2.45) is 0 Å². The molecule has 1 aliphatic heterocycles. The van der Waals surface area contributed by atoms with E-state index in [0.717, 1.165) is 0 Å². The Morgan fingerprint density at radius 2 is 2.14 bits per heavy atom. The summed E-state index contributed by atoms with van der Waals surface area (Å²) >= 11 is 0. The lowest BCUT2D eigenvalue weighted by molar-refractivity contribution is 0.473. The first-order valence-electron chi connectivity index (χ1n) is 4.35. The highest BCUT2D eigenvalue weighted by Gasteiger charge is 2.21. The molecule has 4 nitrogen and oxygen atoms in total. The first-order valence-corrected chi connectivity index (χ1v) is 6.00. The highest BCUT2D eigenvalue weighted by atomic mass is 32.2. The second-order valence-electron chi connectivity index (χ2n) is 3.29. The topological polar surface area (TPSA) is 66.4 Å². The quantitative estimate of drug-likeness (QED) is 0.649. The van der Waals surface area contributed by atoms with Gasteiger partial charge in [-0.05, 0) is 23.8 Å². The van der Waals surface area contributed by atoms with Crippen LogP contribution in [0, 0.1) is 0 Å². The van der Waals surface area contributed by atoms with E-state index in [-0.39, 0.29) is 11.5 Å². The minimum absolute atomic E-state index is 0.0997. The van der Waals surface area contributed by atoms with Crippen molar-refractivity contribution in [1.29, 1.82) is 0 Å². The van der Waals surface area contributed by atoms with Crippen molar-refractivity contribution in [3.63, 3.8) is 0 Å². The lowest BCUT2D eigenvalue weighted by atomic mass is 10.2. The van der Waals surface area contributed by atoms with Gasteiger partial charge in [-0.3, -0.25) is 0 Å².